The highest BCUT2D eigenvalue weighted by atomic mass is 16.6. The molecule has 0 saturated heterocycles. The number of anilines is 1. The van der Waals surface area contributed by atoms with Crippen molar-refractivity contribution in [1.82, 2.24) is 9.55 Å². The van der Waals surface area contributed by atoms with Gasteiger partial charge in [-0.3, -0.25) is 19.5 Å². The average Bonchev–Trinajstić information content (AvgIpc) is 3.27. The van der Waals surface area contributed by atoms with Gasteiger partial charge in [0, 0.05) is 17.4 Å². The minimum absolute atomic E-state index is 0.0279. The van der Waals surface area contributed by atoms with Crippen molar-refractivity contribution in [3.63, 3.8) is 0 Å². The third-order valence-electron chi connectivity index (χ3n) is 5.09. The third-order valence-corrected chi connectivity index (χ3v) is 5.09. The van der Waals surface area contributed by atoms with Gasteiger partial charge in [-0.25, -0.2) is 4.98 Å². The highest BCUT2D eigenvalue weighted by molar-refractivity contribution is 6.08. The molecule has 1 amide bonds. The van der Waals surface area contributed by atoms with Crippen LogP contribution in [-0.2, 0) is 0 Å². The molecule has 0 unspecified atom stereocenters. The Hall–Kier alpha value is -4.60. The minimum atomic E-state index is -0.693. The first-order chi connectivity index (χ1) is 16.0. The van der Waals surface area contributed by atoms with Crippen molar-refractivity contribution < 1.29 is 23.9 Å². The molecule has 10 heteroatoms. The number of methoxy groups -OCH3 is 3. The van der Waals surface area contributed by atoms with Crippen molar-refractivity contribution in [3.05, 3.63) is 76.6 Å². The number of imidazole rings is 1. The largest absolute Gasteiger partial charge is 0.493 e. The summed E-state index contributed by atoms with van der Waals surface area (Å²) in [5.41, 5.74) is 2.37. The highest BCUT2D eigenvalue weighted by Crippen LogP contribution is 2.46. The Labute approximate surface area is 188 Å². The Morgan fingerprint density at radius 1 is 1.00 bits per heavy atom. The molecule has 0 bridgehead atoms. The van der Waals surface area contributed by atoms with Gasteiger partial charge in [0.2, 0.25) is 11.5 Å². The minimum Gasteiger partial charge on any atom is -0.493 e. The number of aromatic nitrogens is 2. The van der Waals surface area contributed by atoms with E-state index >= 15 is 0 Å². The predicted octanol–water partition coefficient (Wildman–Crippen LogP) is 4.21. The van der Waals surface area contributed by atoms with Crippen LogP contribution in [0.15, 0.2) is 60.9 Å². The van der Waals surface area contributed by atoms with Crippen molar-refractivity contribution in [2.75, 3.05) is 26.6 Å². The van der Waals surface area contributed by atoms with Crippen molar-refractivity contribution in [2.24, 2.45) is 0 Å². The second-order valence-electron chi connectivity index (χ2n) is 6.90. The first-order valence-electron chi connectivity index (χ1n) is 9.79. The van der Waals surface area contributed by atoms with Gasteiger partial charge < -0.3 is 19.5 Å². The summed E-state index contributed by atoms with van der Waals surface area (Å²) in [6.07, 6.45) is 1.72. The molecule has 0 aliphatic rings. The summed E-state index contributed by atoms with van der Waals surface area (Å²) in [5.74, 6) is -0.733. The van der Waals surface area contributed by atoms with Gasteiger partial charge >= 0.3 is 5.69 Å². The van der Waals surface area contributed by atoms with Gasteiger partial charge in [-0.05, 0) is 36.4 Å². The fourth-order valence-electron chi connectivity index (χ4n) is 3.56. The molecule has 0 atom stereocenters. The maximum absolute atomic E-state index is 13.0. The standard InChI is InChI=1S/C23H20N4O6/c1-31-19-12-16(20(27(29)30)22(33-3)21(19)32-2)23(28)25-14-8-10-15(11-9-14)26-13-24-17-6-4-5-7-18(17)26/h4-13H,1-3H3,(H,25,28). The van der Waals surface area contributed by atoms with Crippen molar-refractivity contribution >= 4 is 28.3 Å². The van der Waals surface area contributed by atoms with Crippen LogP contribution in [0.1, 0.15) is 10.4 Å². The molecule has 0 fully saturated rings. The Bertz CT molecular complexity index is 1350. The number of carbonyl (C=O) groups excluding carboxylic acids is 1. The number of amides is 1. The van der Waals surface area contributed by atoms with Crippen LogP contribution in [0.25, 0.3) is 16.7 Å². The number of rotatable bonds is 7. The summed E-state index contributed by atoms with van der Waals surface area (Å²) in [6.45, 7) is 0. The number of hydrogen-bond donors (Lipinski definition) is 1. The summed E-state index contributed by atoms with van der Waals surface area (Å²) in [6, 6.07) is 16.0. The van der Waals surface area contributed by atoms with Crippen LogP contribution in [-0.4, -0.2) is 41.7 Å². The number of carbonyl (C=O) groups is 1. The van der Waals surface area contributed by atoms with Gasteiger partial charge in [-0.2, -0.15) is 0 Å². The number of hydrogen-bond acceptors (Lipinski definition) is 7. The molecule has 0 spiro atoms. The zero-order valence-corrected chi connectivity index (χ0v) is 18.1. The lowest BCUT2D eigenvalue weighted by Crippen LogP contribution is -2.15. The van der Waals surface area contributed by atoms with E-state index in [1.165, 1.54) is 27.4 Å². The molecule has 168 valence electrons. The number of nitrogens with zero attached hydrogens (tertiary/aromatic N) is 3. The summed E-state index contributed by atoms with van der Waals surface area (Å²) < 4.78 is 17.5. The third kappa shape index (κ3) is 3.89. The number of nitro benzene ring substituents is 1. The van der Waals surface area contributed by atoms with Crippen LogP contribution < -0.4 is 19.5 Å². The van der Waals surface area contributed by atoms with Gasteiger partial charge in [0.15, 0.2) is 5.75 Å². The van der Waals surface area contributed by atoms with E-state index in [9.17, 15) is 14.9 Å². The molecule has 0 radical (unpaired) electrons. The summed E-state index contributed by atoms with van der Waals surface area (Å²) in [4.78, 5) is 28.4. The van der Waals surface area contributed by atoms with Crippen LogP contribution in [0.5, 0.6) is 17.2 Å². The van der Waals surface area contributed by atoms with Crippen molar-refractivity contribution in [3.8, 4) is 22.9 Å². The van der Waals surface area contributed by atoms with Crippen LogP contribution in [0.4, 0.5) is 11.4 Å². The molecule has 4 aromatic rings. The summed E-state index contributed by atoms with van der Waals surface area (Å²) >= 11 is 0. The lowest BCUT2D eigenvalue weighted by atomic mass is 10.1. The smallest absolute Gasteiger partial charge is 0.327 e. The number of benzene rings is 3. The molecule has 10 nitrogen and oxygen atoms in total. The number of ether oxygens (including phenoxy) is 3. The van der Waals surface area contributed by atoms with Crippen molar-refractivity contribution in [2.45, 2.75) is 0 Å². The van der Waals surface area contributed by atoms with Gasteiger partial charge in [0.1, 0.15) is 11.9 Å². The van der Waals surface area contributed by atoms with Crippen LogP contribution in [0.2, 0.25) is 0 Å². The molecule has 3 aromatic carbocycles. The van der Waals surface area contributed by atoms with E-state index in [1.807, 2.05) is 41.0 Å². The average molecular weight is 448 g/mol. The Kier molecular flexibility index (Phi) is 5.81. The number of para-hydroxylation sites is 2. The lowest BCUT2D eigenvalue weighted by molar-refractivity contribution is -0.386. The SMILES string of the molecule is COc1cc(C(=O)Nc2ccc(-n3cnc4ccccc43)cc2)c([N+](=O)[O-])c(OC)c1OC. The van der Waals surface area contributed by atoms with E-state index in [0.29, 0.717) is 5.69 Å². The second kappa shape index (κ2) is 8.87. The number of fused-ring (bicyclic) bond motifs is 1. The van der Waals surface area contributed by atoms with Gasteiger partial charge in [-0.15, -0.1) is 0 Å². The van der Waals surface area contributed by atoms with Gasteiger partial charge in [0.25, 0.3) is 5.91 Å². The topological polar surface area (TPSA) is 118 Å². The lowest BCUT2D eigenvalue weighted by Gasteiger charge is -2.15. The molecule has 1 N–H and O–H groups in total. The normalized spacial score (nSPS) is 10.6. The fourth-order valence-corrected chi connectivity index (χ4v) is 3.56. The van der Waals surface area contributed by atoms with Crippen LogP contribution in [0, 0.1) is 10.1 Å². The molecule has 0 saturated carbocycles. The highest BCUT2D eigenvalue weighted by Gasteiger charge is 2.32. The number of nitro groups is 1. The monoisotopic (exact) mass is 448 g/mol. The zero-order chi connectivity index (χ0) is 23.5. The van der Waals surface area contributed by atoms with Crippen LogP contribution in [0.3, 0.4) is 0 Å². The molecular formula is C23H20N4O6. The first-order valence-corrected chi connectivity index (χ1v) is 9.79. The van der Waals surface area contributed by atoms with E-state index in [1.54, 1.807) is 18.5 Å². The zero-order valence-electron chi connectivity index (χ0n) is 18.1. The molecule has 33 heavy (non-hydrogen) atoms. The number of nitrogens with one attached hydrogen (secondary N) is 1. The summed E-state index contributed by atoms with van der Waals surface area (Å²) in [7, 11) is 3.95. The Balaban J connectivity index is 1.66. The summed E-state index contributed by atoms with van der Waals surface area (Å²) in [5, 5.41) is 14.4. The molecule has 1 aromatic heterocycles. The second-order valence-corrected chi connectivity index (χ2v) is 6.90. The molecule has 4 rings (SSSR count). The quantitative estimate of drug-likeness (QED) is 0.332. The molecule has 0 aliphatic carbocycles. The fraction of sp³-hybridized carbons (Fsp3) is 0.130. The molecule has 1 heterocycles. The maximum atomic E-state index is 13.0. The molecule has 0 aliphatic heterocycles. The predicted molar refractivity (Wildman–Crippen MR) is 122 cm³/mol. The van der Waals surface area contributed by atoms with E-state index < -0.39 is 16.5 Å². The van der Waals surface area contributed by atoms with Crippen molar-refractivity contribution in [1.29, 1.82) is 0 Å². The van der Waals surface area contributed by atoms with E-state index in [-0.39, 0.29) is 22.8 Å². The maximum Gasteiger partial charge on any atom is 0.327 e. The van der Waals surface area contributed by atoms with Gasteiger partial charge in [-0.1, -0.05) is 12.1 Å². The Morgan fingerprint density at radius 3 is 2.33 bits per heavy atom. The van der Waals surface area contributed by atoms with E-state index in [2.05, 4.69) is 10.3 Å². The Morgan fingerprint density at radius 2 is 1.70 bits per heavy atom. The first kappa shape index (κ1) is 21.6. The van der Waals surface area contributed by atoms with E-state index in [4.69, 9.17) is 14.2 Å². The van der Waals surface area contributed by atoms with Crippen LogP contribution >= 0.6 is 0 Å². The van der Waals surface area contributed by atoms with E-state index in [0.717, 1.165) is 16.7 Å². The van der Waals surface area contributed by atoms with Gasteiger partial charge in [0.05, 0.1) is 37.3 Å². The molecular weight excluding hydrogens is 428 g/mol.